The molecule has 3 nitrogen and oxygen atoms in total. The van der Waals surface area contributed by atoms with Crippen LogP contribution < -0.4 is 0 Å². The van der Waals surface area contributed by atoms with Gasteiger partial charge in [0.1, 0.15) is 0 Å². The fourth-order valence-corrected chi connectivity index (χ4v) is 4.16. The van der Waals surface area contributed by atoms with Crippen LogP contribution in [0.1, 0.15) is 31.8 Å². The highest BCUT2D eigenvalue weighted by molar-refractivity contribution is 6.19. The number of Topliss-reactive ketones (excluding diaryl/α,β-unsaturated/α-hetero) is 2. The molecule has 2 aromatic carbocycles. The Morgan fingerprint density at radius 2 is 1.00 bits per heavy atom. The summed E-state index contributed by atoms with van der Waals surface area (Å²) in [5, 5.41) is 0. The normalized spacial score (nSPS) is 40.6. The quantitative estimate of drug-likeness (QED) is 0.685. The molecule has 1 saturated heterocycles. The van der Waals surface area contributed by atoms with E-state index in [0.29, 0.717) is 0 Å². The lowest BCUT2D eigenvalue weighted by atomic mass is 9.78. The van der Waals surface area contributed by atoms with E-state index in [2.05, 4.69) is 4.74 Å². The maximum absolute atomic E-state index is 15.8. The molecule has 0 amide bonds. The molecule has 0 N–H and O–H groups in total. The molecule has 2 aromatic rings. The van der Waals surface area contributed by atoms with Crippen molar-refractivity contribution in [3.05, 3.63) is 70.8 Å². The zero-order chi connectivity index (χ0) is 17.8. The zero-order valence-corrected chi connectivity index (χ0v) is 12.4. The van der Waals surface area contributed by atoms with Crippen molar-refractivity contribution in [3.8, 4) is 0 Å². The number of hydrogen-bond acceptors (Lipinski definition) is 3. The summed E-state index contributed by atoms with van der Waals surface area (Å²) in [5.41, 5.74) is -10.5. The second-order valence-electron chi connectivity index (χ2n) is 6.36. The molecule has 3 aliphatic rings. The molecule has 0 saturated carbocycles. The first-order chi connectivity index (χ1) is 11.7. The highest BCUT2D eigenvalue weighted by atomic mass is 19.2. The number of ether oxygens (including phenoxy) is 1. The van der Waals surface area contributed by atoms with Gasteiger partial charge in [0.2, 0.25) is 11.6 Å². The molecule has 4 unspecified atom stereocenters. The molecule has 126 valence electrons. The molecule has 0 spiro atoms. The average molecular weight is 348 g/mol. The number of alkyl halides is 4. The number of rotatable bonds is 0. The van der Waals surface area contributed by atoms with Gasteiger partial charge in [0.25, 0.3) is 23.0 Å². The van der Waals surface area contributed by atoms with Gasteiger partial charge in [0.05, 0.1) is 0 Å². The molecule has 0 aromatic heterocycles. The third-order valence-electron chi connectivity index (χ3n) is 5.30. The second-order valence-corrected chi connectivity index (χ2v) is 6.36. The Bertz CT molecular complexity index is 928. The Labute approximate surface area is 138 Å². The van der Waals surface area contributed by atoms with Crippen molar-refractivity contribution >= 4 is 11.6 Å². The van der Waals surface area contributed by atoms with Crippen LogP contribution in [0.5, 0.6) is 0 Å². The molecule has 25 heavy (non-hydrogen) atoms. The third kappa shape index (κ3) is 1.14. The van der Waals surface area contributed by atoms with Crippen molar-refractivity contribution in [1.82, 2.24) is 0 Å². The summed E-state index contributed by atoms with van der Waals surface area (Å²) < 4.78 is 67.3. The van der Waals surface area contributed by atoms with Crippen LogP contribution in [0.25, 0.3) is 0 Å². The first-order valence-electron chi connectivity index (χ1n) is 7.48. The van der Waals surface area contributed by atoms with E-state index < -0.39 is 56.9 Å². The predicted octanol–water partition coefficient (Wildman–Crippen LogP) is 3.47. The minimum Gasteiger partial charge on any atom is -0.294 e. The molecule has 0 bridgehead atoms. The minimum absolute atomic E-state index is 0.477. The van der Waals surface area contributed by atoms with Crippen LogP contribution in [0, 0.1) is 0 Å². The van der Waals surface area contributed by atoms with Gasteiger partial charge in [-0.15, -0.1) is 0 Å². The lowest BCUT2D eigenvalue weighted by Gasteiger charge is -2.30. The Hall–Kier alpha value is -2.54. The number of ketones is 2. The Morgan fingerprint density at radius 1 is 0.640 bits per heavy atom. The van der Waals surface area contributed by atoms with Gasteiger partial charge in [0.15, 0.2) is 0 Å². The first kappa shape index (κ1) is 14.8. The number of carbonyl (C=O) groups is 2. The van der Waals surface area contributed by atoms with E-state index in [1.807, 2.05) is 0 Å². The van der Waals surface area contributed by atoms with Crippen molar-refractivity contribution in [3.63, 3.8) is 0 Å². The molecule has 5 rings (SSSR count). The average Bonchev–Trinajstić information content (AvgIpc) is 2.97. The van der Waals surface area contributed by atoms with Gasteiger partial charge >= 0.3 is 0 Å². The summed E-state index contributed by atoms with van der Waals surface area (Å²) in [4.78, 5) is 25.1. The van der Waals surface area contributed by atoms with E-state index in [0.717, 1.165) is 24.3 Å². The van der Waals surface area contributed by atoms with Gasteiger partial charge in [-0.25, -0.2) is 17.6 Å². The maximum atomic E-state index is 15.8. The van der Waals surface area contributed by atoms with E-state index >= 15 is 17.6 Å². The number of fused-ring (bicyclic) bond motifs is 7. The fourth-order valence-electron chi connectivity index (χ4n) is 4.16. The number of halogens is 4. The van der Waals surface area contributed by atoms with E-state index in [1.165, 1.54) is 24.3 Å². The van der Waals surface area contributed by atoms with Gasteiger partial charge in [-0.3, -0.25) is 14.3 Å². The Kier molecular flexibility index (Phi) is 2.26. The lowest BCUT2D eigenvalue weighted by Crippen LogP contribution is -2.61. The maximum Gasteiger partial charge on any atom is 0.285 e. The minimum atomic E-state index is -4.16. The smallest absolute Gasteiger partial charge is 0.285 e. The summed E-state index contributed by atoms with van der Waals surface area (Å²) in [6.07, 6.45) is 0. The standard InChI is InChI=1S/C18H8F4O3/c19-15-13(23)9-5-1-3-7-11(9)17(15,21)25-18(22)12-8-4-2-6-10(12)14(24)16(15,18)20/h1-8H. The predicted molar refractivity (Wildman–Crippen MR) is 75.9 cm³/mol. The summed E-state index contributed by atoms with van der Waals surface area (Å²) in [6.45, 7) is 0. The molecule has 2 aliphatic carbocycles. The molecule has 0 radical (unpaired) electrons. The van der Waals surface area contributed by atoms with Crippen LogP contribution >= 0.6 is 0 Å². The van der Waals surface area contributed by atoms with Gasteiger partial charge in [0, 0.05) is 22.3 Å². The topological polar surface area (TPSA) is 43.4 Å². The highest BCUT2D eigenvalue weighted by Gasteiger charge is 2.95. The molecule has 4 atom stereocenters. The summed E-state index contributed by atoms with van der Waals surface area (Å²) in [5.74, 6) is -10.8. The number of hydrogen-bond donors (Lipinski definition) is 0. The molecule has 1 heterocycles. The summed E-state index contributed by atoms with van der Waals surface area (Å²) >= 11 is 0. The van der Waals surface area contributed by atoms with E-state index in [9.17, 15) is 9.59 Å². The van der Waals surface area contributed by atoms with Gasteiger partial charge in [-0.1, -0.05) is 48.5 Å². The van der Waals surface area contributed by atoms with Crippen molar-refractivity contribution in [2.45, 2.75) is 23.0 Å². The fraction of sp³-hybridized carbons (Fsp3) is 0.222. The zero-order valence-electron chi connectivity index (χ0n) is 12.4. The monoisotopic (exact) mass is 348 g/mol. The van der Waals surface area contributed by atoms with E-state index in [4.69, 9.17) is 0 Å². The molecular weight excluding hydrogens is 340 g/mol. The number of benzene rings is 2. The third-order valence-corrected chi connectivity index (χ3v) is 5.30. The summed E-state index contributed by atoms with van der Waals surface area (Å²) in [6, 6.07) is 9.39. The Morgan fingerprint density at radius 3 is 1.40 bits per heavy atom. The van der Waals surface area contributed by atoms with Crippen molar-refractivity contribution in [2.75, 3.05) is 0 Å². The Balaban J connectivity index is 1.89. The lowest BCUT2D eigenvalue weighted by molar-refractivity contribution is -0.259. The molecule has 1 fully saturated rings. The molecule has 1 aliphatic heterocycles. The van der Waals surface area contributed by atoms with E-state index in [1.54, 1.807) is 0 Å². The largest absolute Gasteiger partial charge is 0.294 e. The van der Waals surface area contributed by atoms with Crippen LogP contribution in [0.15, 0.2) is 48.5 Å². The van der Waals surface area contributed by atoms with Crippen LogP contribution in [-0.4, -0.2) is 22.9 Å². The van der Waals surface area contributed by atoms with Crippen LogP contribution in [0.4, 0.5) is 17.6 Å². The van der Waals surface area contributed by atoms with E-state index in [-0.39, 0.29) is 0 Å². The first-order valence-corrected chi connectivity index (χ1v) is 7.48. The van der Waals surface area contributed by atoms with Crippen molar-refractivity contribution in [2.24, 2.45) is 0 Å². The number of carbonyl (C=O) groups excluding carboxylic acids is 2. The van der Waals surface area contributed by atoms with Crippen LogP contribution in [0.2, 0.25) is 0 Å². The molecular formula is C18H8F4O3. The molecule has 7 heteroatoms. The summed E-state index contributed by atoms with van der Waals surface area (Å²) in [7, 11) is 0. The van der Waals surface area contributed by atoms with Crippen LogP contribution in [-0.2, 0) is 16.4 Å². The van der Waals surface area contributed by atoms with Crippen molar-refractivity contribution in [1.29, 1.82) is 0 Å². The SMILES string of the molecule is O=C1c2ccccc2C2(F)OC3(F)c4ccccc4C(=O)C3(F)C12F. The second kappa shape index (κ2) is 3.83. The van der Waals surface area contributed by atoms with Gasteiger partial charge < -0.3 is 0 Å². The van der Waals surface area contributed by atoms with Crippen LogP contribution in [0.3, 0.4) is 0 Å². The van der Waals surface area contributed by atoms with Crippen molar-refractivity contribution < 1.29 is 31.9 Å². The van der Waals surface area contributed by atoms with Gasteiger partial charge in [-0.2, -0.15) is 0 Å². The van der Waals surface area contributed by atoms with Gasteiger partial charge in [-0.05, 0) is 0 Å². The highest BCUT2D eigenvalue weighted by Crippen LogP contribution is 2.72.